The Kier molecular flexibility index (Phi) is 5.45. The molecular weight excluding hydrogens is 334 g/mol. The Morgan fingerprint density at radius 3 is 2.63 bits per heavy atom. The van der Waals surface area contributed by atoms with Gasteiger partial charge < -0.3 is 5.32 Å². The van der Waals surface area contributed by atoms with Crippen molar-refractivity contribution >= 4 is 16.7 Å². The van der Waals surface area contributed by atoms with Gasteiger partial charge in [-0.1, -0.05) is 36.4 Å². The molecule has 4 rings (SSSR count). The van der Waals surface area contributed by atoms with Gasteiger partial charge in [0.15, 0.2) is 0 Å². The van der Waals surface area contributed by atoms with Crippen LogP contribution in [0.25, 0.3) is 10.8 Å². The zero-order valence-corrected chi connectivity index (χ0v) is 15.5. The summed E-state index contributed by atoms with van der Waals surface area (Å²) in [4.78, 5) is 19.2. The van der Waals surface area contributed by atoms with Gasteiger partial charge in [-0.3, -0.25) is 14.7 Å². The summed E-state index contributed by atoms with van der Waals surface area (Å²) in [6.45, 7) is 3.87. The predicted octanol–water partition coefficient (Wildman–Crippen LogP) is 3.88. The lowest BCUT2D eigenvalue weighted by Crippen LogP contribution is -2.38. The molecule has 0 bridgehead atoms. The van der Waals surface area contributed by atoms with Crippen LogP contribution < -0.4 is 5.32 Å². The fraction of sp³-hybridized carbons (Fsp3) is 0.304. The molecule has 1 N–H and O–H groups in total. The number of likely N-dealkylation sites (tertiary alicyclic amines) is 1. The number of amides is 1. The summed E-state index contributed by atoms with van der Waals surface area (Å²) in [5, 5.41) is 5.40. The van der Waals surface area contributed by atoms with Crippen LogP contribution in [-0.2, 0) is 6.54 Å². The van der Waals surface area contributed by atoms with Gasteiger partial charge in [0, 0.05) is 31.0 Å². The third-order valence-electron chi connectivity index (χ3n) is 5.40. The van der Waals surface area contributed by atoms with Crippen LogP contribution in [0.2, 0.25) is 0 Å². The maximum absolute atomic E-state index is 12.5. The van der Waals surface area contributed by atoms with Crippen LogP contribution >= 0.6 is 0 Å². The zero-order chi connectivity index (χ0) is 18.5. The summed E-state index contributed by atoms with van der Waals surface area (Å²) in [7, 11) is 0. The van der Waals surface area contributed by atoms with Gasteiger partial charge in [-0.2, -0.15) is 0 Å². The normalized spacial score (nSPS) is 15.7. The van der Waals surface area contributed by atoms with E-state index in [2.05, 4.69) is 27.3 Å². The van der Waals surface area contributed by atoms with E-state index >= 15 is 0 Å². The summed E-state index contributed by atoms with van der Waals surface area (Å²) >= 11 is 0. The second-order valence-electron chi connectivity index (χ2n) is 7.35. The fourth-order valence-corrected chi connectivity index (χ4v) is 3.77. The minimum Gasteiger partial charge on any atom is -0.352 e. The Bertz CT molecular complexity index is 902. The molecule has 1 aromatic heterocycles. The number of piperidine rings is 1. The van der Waals surface area contributed by atoms with E-state index in [1.807, 2.05) is 54.9 Å². The van der Waals surface area contributed by atoms with Gasteiger partial charge in [-0.25, -0.2) is 0 Å². The Morgan fingerprint density at radius 2 is 1.85 bits per heavy atom. The van der Waals surface area contributed by atoms with E-state index < -0.39 is 0 Å². The zero-order valence-electron chi connectivity index (χ0n) is 15.5. The first-order valence-corrected chi connectivity index (χ1v) is 9.66. The van der Waals surface area contributed by atoms with E-state index in [4.69, 9.17) is 0 Å². The number of fused-ring (bicyclic) bond motifs is 1. The third kappa shape index (κ3) is 4.52. The average molecular weight is 359 g/mol. The molecule has 1 aliphatic rings. The first-order chi connectivity index (χ1) is 13.3. The quantitative estimate of drug-likeness (QED) is 0.752. The Labute approximate surface area is 160 Å². The van der Waals surface area contributed by atoms with E-state index in [9.17, 15) is 4.79 Å². The van der Waals surface area contributed by atoms with Crippen LogP contribution in [-0.4, -0.2) is 35.4 Å². The molecule has 2 heterocycles. The van der Waals surface area contributed by atoms with Gasteiger partial charge in [0.05, 0.1) is 0 Å². The van der Waals surface area contributed by atoms with E-state index in [1.165, 1.54) is 5.56 Å². The monoisotopic (exact) mass is 359 g/mol. The number of hydrogen-bond donors (Lipinski definition) is 1. The van der Waals surface area contributed by atoms with Crippen molar-refractivity contribution in [2.24, 2.45) is 5.92 Å². The van der Waals surface area contributed by atoms with Gasteiger partial charge >= 0.3 is 0 Å². The summed E-state index contributed by atoms with van der Waals surface area (Å²) in [6, 6.07) is 18.1. The highest BCUT2D eigenvalue weighted by Crippen LogP contribution is 2.19. The standard InChI is InChI=1S/C23H25N3O/c27-23(22-8-7-20-5-1-2-6-21(20)14-22)25-16-18-9-12-26(13-10-18)17-19-4-3-11-24-15-19/h1-8,11,14-15,18H,9-10,12-13,16-17H2,(H,25,27). The number of nitrogens with one attached hydrogen (secondary N) is 1. The van der Waals surface area contributed by atoms with Gasteiger partial charge in [0.25, 0.3) is 5.91 Å². The number of carbonyl (C=O) groups is 1. The summed E-state index contributed by atoms with van der Waals surface area (Å²) in [5.74, 6) is 0.582. The number of benzene rings is 2. The number of rotatable bonds is 5. The molecule has 2 aromatic carbocycles. The molecule has 0 aliphatic carbocycles. The van der Waals surface area contributed by atoms with Crippen molar-refractivity contribution in [3.05, 3.63) is 78.1 Å². The molecule has 1 fully saturated rings. The van der Waals surface area contributed by atoms with Crippen LogP contribution in [0.1, 0.15) is 28.8 Å². The summed E-state index contributed by atoms with van der Waals surface area (Å²) in [6.07, 6.45) is 6.00. The van der Waals surface area contributed by atoms with Crippen LogP contribution in [0.4, 0.5) is 0 Å². The second kappa shape index (κ2) is 8.31. The minimum absolute atomic E-state index is 0.0264. The largest absolute Gasteiger partial charge is 0.352 e. The van der Waals surface area contributed by atoms with Gasteiger partial charge in [0.1, 0.15) is 0 Å². The van der Waals surface area contributed by atoms with Gasteiger partial charge in [-0.05, 0) is 66.4 Å². The number of hydrogen-bond acceptors (Lipinski definition) is 3. The molecule has 138 valence electrons. The highest BCUT2D eigenvalue weighted by atomic mass is 16.1. The van der Waals surface area contributed by atoms with E-state index in [0.717, 1.165) is 55.4 Å². The van der Waals surface area contributed by atoms with E-state index in [-0.39, 0.29) is 5.91 Å². The van der Waals surface area contributed by atoms with Crippen molar-refractivity contribution in [1.29, 1.82) is 0 Å². The van der Waals surface area contributed by atoms with Gasteiger partial charge in [-0.15, -0.1) is 0 Å². The van der Waals surface area contributed by atoms with Gasteiger partial charge in [0.2, 0.25) is 0 Å². The van der Waals surface area contributed by atoms with Crippen LogP contribution in [0.3, 0.4) is 0 Å². The van der Waals surface area contributed by atoms with E-state index in [0.29, 0.717) is 5.92 Å². The van der Waals surface area contributed by atoms with Crippen LogP contribution in [0.15, 0.2) is 67.0 Å². The number of pyridine rings is 1. The molecule has 27 heavy (non-hydrogen) atoms. The van der Waals surface area contributed by atoms with E-state index in [1.54, 1.807) is 0 Å². The van der Waals surface area contributed by atoms with Crippen molar-refractivity contribution in [1.82, 2.24) is 15.2 Å². The molecule has 1 aliphatic heterocycles. The van der Waals surface area contributed by atoms with Crippen molar-refractivity contribution < 1.29 is 4.79 Å². The molecule has 0 unspecified atom stereocenters. The van der Waals surface area contributed by atoms with Crippen LogP contribution in [0.5, 0.6) is 0 Å². The molecule has 4 nitrogen and oxygen atoms in total. The average Bonchev–Trinajstić information content (AvgIpc) is 2.73. The molecule has 3 aromatic rings. The maximum atomic E-state index is 12.5. The molecule has 0 atom stereocenters. The van der Waals surface area contributed by atoms with Crippen molar-refractivity contribution in [3.63, 3.8) is 0 Å². The Morgan fingerprint density at radius 1 is 1.04 bits per heavy atom. The molecule has 0 spiro atoms. The number of carbonyl (C=O) groups excluding carboxylic acids is 1. The van der Waals surface area contributed by atoms with Crippen molar-refractivity contribution in [2.45, 2.75) is 19.4 Å². The van der Waals surface area contributed by atoms with Crippen molar-refractivity contribution in [2.75, 3.05) is 19.6 Å². The first kappa shape index (κ1) is 17.7. The molecule has 1 saturated heterocycles. The molecule has 1 amide bonds. The molecule has 0 saturated carbocycles. The lowest BCUT2D eigenvalue weighted by atomic mass is 9.96. The third-order valence-corrected chi connectivity index (χ3v) is 5.40. The molecule has 0 radical (unpaired) electrons. The van der Waals surface area contributed by atoms with Crippen molar-refractivity contribution in [3.8, 4) is 0 Å². The maximum Gasteiger partial charge on any atom is 0.251 e. The molecular formula is C23H25N3O. The summed E-state index contributed by atoms with van der Waals surface area (Å²) in [5.41, 5.74) is 2.00. The van der Waals surface area contributed by atoms with Crippen LogP contribution in [0, 0.1) is 5.92 Å². The Hall–Kier alpha value is -2.72. The highest BCUT2D eigenvalue weighted by Gasteiger charge is 2.20. The summed E-state index contributed by atoms with van der Waals surface area (Å²) < 4.78 is 0. The first-order valence-electron chi connectivity index (χ1n) is 9.66. The highest BCUT2D eigenvalue weighted by molar-refractivity contribution is 5.98. The lowest BCUT2D eigenvalue weighted by molar-refractivity contribution is 0.0935. The smallest absolute Gasteiger partial charge is 0.251 e. The second-order valence-corrected chi connectivity index (χ2v) is 7.35. The molecule has 4 heteroatoms. The Balaban J connectivity index is 1.26. The number of aromatic nitrogens is 1. The topological polar surface area (TPSA) is 45.2 Å². The fourth-order valence-electron chi connectivity index (χ4n) is 3.77. The number of nitrogens with zero attached hydrogens (tertiary/aromatic N) is 2. The minimum atomic E-state index is 0.0264. The SMILES string of the molecule is O=C(NCC1CCN(Cc2cccnc2)CC1)c1ccc2ccccc2c1. The predicted molar refractivity (Wildman–Crippen MR) is 109 cm³/mol. The lowest BCUT2D eigenvalue weighted by Gasteiger charge is -2.32.